The largest absolute Gasteiger partial charge is 0.395 e. The number of aliphatic hydroxyl groups is 2. The van der Waals surface area contributed by atoms with Crippen molar-refractivity contribution in [1.82, 2.24) is 9.55 Å². The Kier molecular flexibility index (Phi) is 3.35. The molecule has 13 heavy (non-hydrogen) atoms. The van der Waals surface area contributed by atoms with Gasteiger partial charge in [0.15, 0.2) is 4.77 Å². The standard InChI is InChI=1S/C7H10N2O3S/c10-2-1-9-5(4-11)3-6(12)8-7(9)13/h3,10-11H,1-2,4H2,(H,8,12,13). The van der Waals surface area contributed by atoms with E-state index in [9.17, 15) is 4.79 Å². The van der Waals surface area contributed by atoms with Crippen molar-refractivity contribution < 1.29 is 10.2 Å². The lowest BCUT2D eigenvalue weighted by Crippen LogP contribution is -2.18. The SMILES string of the molecule is O=c1cc(CO)n(CCO)c(=S)[nH]1. The monoisotopic (exact) mass is 202 g/mol. The van der Waals surface area contributed by atoms with Gasteiger partial charge in [-0.05, 0) is 12.2 Å². The van der Waals surface area contributed by atoms with Gasteiger partial charge in [0, 0.05) is 12.6 Å². The predicted octanol–water partition coefficient (Wildman–Crippen LogP) is -0.610. The highest BCUT2D eigenvalue weighted by Gasteiger charge is 2.01. The number of hydrogen-bond donors (Lipinski definition) is 3. The Labute approximate surface area is 79.3 Å². The molecule has 0 aliphatic rings. The lowest BCUT2D eigenvalue weighted by Gasteiger charge is -2.09. The fraction of sp³-hybridized carbons (Fsp3) is 0.429. The molecule has 0 aliphatic carbocycles. The first-order valence-electron chi connectivity index (χ1n) is 3.74. The summed E-state index contributed by atoms with van der Waals surface area (Å²) in [5.74, 6) is 0. The van der Waals surface area contributed by atoms with Gasteiger partial charge >= 0.3 is 0 Å². The van der Waals surface area contributed by atoms with Crippen LogP contribution in [0.2, 0.25) is 0 Å². The zero-order valence-corrected chi connectivity index (χ0v) is 7.67. The molecule has 1 heterocycles. The van der Waals surface area contributed by atoms with Gasteiger partial charge in [0.05, 0.1) is 18.9 Å². The highest BCUT2D eigenvalue weighted by molar-refractivity contribution is 7.71. The molecule has 0 saturated heterocycles. The molecular weight excluding hydrogens is 192 g/mol. The first-order chi connectivity index (χ1) is 6.19. The summed E-state index contributed by atoms with van der Waals surface area (Å²) in [4.78, 5) is 13.3. The first kappa shape index (κ1) is 10.1. The van der Waals surface area contributed by atoms with Crippen molar-refractivity contribution in [3.8, 4) is 0 Å². The Hall–Kier alpha value is -0.980. The Morgan fingerprint density at radius 3 is 2.77 bits per heavy atom. The van der Waals surface area contributed by atoms with Crippen LogP contribution in [0.4, 0.5) is 0 Å². The zero-order valence-electron chi connectivity index (χ0n) is 6.86. The summed E-state index contributed by atoms with van der Waals surface area (Å²) in [6, 6.07) is 1.26. The van der Waals surface area contributed by atoms with Crippen LogP contribution in [-0.4, -0.2) is 26.4 Å². The Bertz CT molecular complexity index is 395. The molecule has 3 N–H and O–H groups in total. The van der Waals surface area contributed by atoms with Crippen LogP contribution in [0.1, 0.15) is 5.69 Å². The third-order valence-corrected chi connectivity index (χ3v) is 1.93. The van der Waals surface area contributed by atoms with Crippen LogP contribution in [0.15, 0.2) is 10.9 Å². The van der Waals surface area contributed by atoms with Crippen molar-refractivity contribution in [3.63, 3.8) is 0 Å². The lowest BCUT2D eigenvalue weighted by molar-refractivity contribution is 0.247. The van der Waals surface area contributed by atoms with E-state index in [4.69, 9.17) is 22.4 Å². The van der Waals surface area contributed by atoms with Crippen LogP contribution in [0.25, 0.3) is 0 Å². The van der Waals surface area contributed by atoms with Crippen LogP contribution in [0, 0.1) is 4.77 Å². The summed E-state index contributed by atoms with van der Waals surface area (Å²) in [6.07, 6.45) is 0. The van der Waals surface area contributed by atoms with E-state index in [0.29, 0.717) is 5.69 Å². The highest BCUT2D eigenvalue weighted by Crippen LogP contribution is 1.96. The van der Waals surface area contributed by atoms with Crippen molar-refractivity contribution in [2.24, 2.45) is 0 Å². The summed E-state index contributed by atoms with van der Waals surface area (Å²) in [6.45, 7) is -0.0909. The minimum Gasteiger partial charge on any atom is -0.395 e. The van der Waals surface area contributed by atoms with E-state index in [2.05, 4.69) is 4.98 Å². The average Bonchev–Trinajstić information content (AvgIpc) is 2.09. The summed E-state index contributed by atoms with van der Waals surface area (Å²) in [5, 5.41) is 17.6. The van der Waals surface area contributed by atoms with Gasteiger partial charge in [-0.2, -0.15) is 0 Å². The maximum atomic E-state index is 10.9. The molecule has 0 radical (unpaired) electrons. The number of nitrogens with one attached hydrogen (secondary N) is 1. The number of aliphatic hydroxyl groups excluding tert-OH is 2. The van der Waals surface area contributed by atoms with E-state index in [1.165, 1.54) is 10.6 Å². The second-order valence-corrected chi connectivity index (χ2v) is 2.85. The molecule has 72 valence electrons. The minimum atomic E-state index is -0.344. The summed E-state index contributed by atoms with van der Waals surface area (Å²) in [5.41, 5.74) is 0.0611. The van der Waals surface area contributed by atoms with Crippen LogP contribution in [0.5, 0.6) is 0 Å². The number of H-pyrrole nitrogens is 1. The van der Waals surface area contributed by atoms with Gasteiger partial charge < -0.3 is 14.8 Å². The maximum Gasteiger partial charge on any atom is 0.251 e. The summed E-state index contributed by atoms with van der Waals surface area (Å²) < 4.78 is 1.70. The molecule has 1 aromatic heterocycles. The van der Waals surface area contributed by atoms with E-state index >= 15 is 0 Å². The number of nitrogens with zero attached hydrogens (tertiary/aromatic N) is 1. The molecule has 1 aromatic rings. The molecule has 5 nitrogen and oxygen atoms in total. The Balaban J connectivity index is 3.30. The predicted molar refractivity (Wildman–Crippen MR) is 48.9 cm³/mol. The molecule has 0 unspecified atom stereocenters. The molecule has 0 bridgehead atoms. The van der Waals surface area contributed by atoms with Crippen molar-refractivity contribution in [1.29, 1.82) is 0 Å². The molecular formula is C7H10N2O3S. The molecule has 0 aliphatic heterocycles. The quantitative estimate of drug-likeness (QED) is 0.571. The molecule has 0 amide bonds. The van der Waals surface area contributed by atoms with E-state index in [1.54, 1.807) is 0 Å². The third-order valence-electron chi connectivity index (χ3n) is 1.61. The Morgan fingerprint density at radius 2 is 2.23 bits per heavy atom. The molecule has 0 spiro atoms. The van der Waals surface area contributed by atoms with E-state index < -0.39 is 0 Å². The molecule has 6 heteroatoms. The maximum absolute atomic E-state index is 10.9. The number of hydrogen-bond acceptors (Lipinski definition) is 4. The normalized spacial score (nSPS) is 10.3. The molecule has 1 rings (SSSR count). The van der Waals surface area contributed by atoms with E-state index in [0.717, 1.165) is 0 Å². The van der Waals surface area contributed by atoms with E-state index in [-0.39, 0.29) is 30.1 Å². The van der Waals surface area contributed by atoms with Gasteiger partial charge in [0.2, 0.25) is 0 Å². The van der Waals surface area contributed by atoms with Crippen LogP contribution < -0.4 is 5.56 Å². The minimum absolute atomic E-state index is 0.0899. The van der Waals surface area contributed by atoms with Gasteiger partial charge in [-0.1, -0.05) is 0 Å². The number of aromatic nitrogens is 2. The number of aromatic amines is 1. The topological polar surface area (TPSA) is 78.2 Å². The smallest absolute Gasteiger partial charge is 0.251 e. The lowest BCUT2D eigenvalue weighted by atomic mass is 10.4. The van der Waals surface area contributed by atoms with Gasteiger partial charge in [-0.15, -0.1) is 0 Å². The molecule has 0 saturated carbocycles. The van der Waals surface area contributed by atoms with Crippen molar-refractivity contribution in [2.45, 2.75) is 13.2 Å². The van der Waals surface area contributed by atoms with Gasteiger partial charge in [0.1, 0.15) is 0 Å². The fourth-order valence-electron chi connectivity index (χ4n) is 1.04. The number of rotatable bonds is 3. The van der Waals surface area contributed by atoms with Crippen LogP contribution in [-0.2, 0) is 13.2 Å². The summed E-state index contributed by atoms with van der Waals surface area (Å²) in [7, 11) is 0. The van der Waals surface area contributed by atoms with Crippen molar-refractivity contribution in [3.05, 3.63) is 26.9 Å². The van der Waals surface area contributed by atoms with Crippen LogP contribution >= 0.6 is 12.2 Å². The Morgan fingerprint density at radius 1 is 1.54 bits per heavy atom. The molecule has 0 atom stereocenters. The van der Waals surface area contributed by atoms with Gasteiger partial charge in [-0.3, -0.25) is 9.78 Å². The van der Waals surface area contributed by atoms with E-state index in [1.807, 2.05) is 0 Å². The molecule has 0 fully saturated rings. The van der Waals surface area contributed by atoms with Gasteiger partial charge in [0.25, 0.3) is 5.56 Å². The van der Waals surface area contributed by atoms with Crippen molar-refractivity contribution in [2.75, 3.05) is 6.61 Å². The highest BCUT2D eigenvalue weighted by atomic mass is 32.1. The van der Waals surface area contributed by atoms with Gasteiger partial charge in [-0.25, -0.2) is 0 Å². The average molecular weight is 202 g/mol. The second kappa shape index (κ2) is 4.31. The van der Waals surface area contributed by atoms with Crippen molar-refractivity contribution >= 4 is 12.2 Å². The first-order valence-corrected chi connectivity index (χ1v) is 4.14. The second-order valence-electron chi connectivity index (χ2n) is 2.46. The molecule has 0 aromatic carbocycles. The van der Waals surface area contributed by atoms with Crippen LogP contribution in [0.3, 0.4) is 0 Å². The zero-order chi connectivity index (χ0) is 9.84. The third kappa shape index (κ3) is 2.24. The fourth-order valence-corrected chi connectivity index (χ4v) is 1.35. The summed E-state index contributed by atoms with van der Waals surface area (Å²) >= 11 is 4.84.